The molecule has 3 N–H and O–H groups in total. The molecule has 4 rings (SSSR count). The molecule has 4 aromatic rings. The molecule has 0 saturated carbocycles. The molecular formula is C24H24F2N8O. The SMILES string of the molecule is CNc1cc(-n2nc(C)cc2Nc2cc(NC(=O)c3ccnc(C(C)(F)F)c3)ccc2C)ncn1. The molecule has 0 bridgehead atoms. The fraction of sp³-hybridized carbons (Fsp3) is 0.208. The van der Waals surface area contributed by atoms with E-state index in [0.29, 0.717) is 23.1 Å². The van der Waals surface area contributed by atoms with Gasteiger partial charge in [0.2, 0.25) is 0 Å². The number of halogens is 2. The third-order valence-electron chi connectivity index (χ3n) is 5.19. The highest BCUT2D eigenvalue weighted by Gasteiger charge is 2.27. The second kappa shape index (κ2) is 9.45. The van der Waals surface area contributed by atoms with Gasteiger partial charge in [0.05, 0.1) is 5.69 Å². The number of rotatable bonds is 7. The van der Waals surface area contributed by atoms with Gasteiger partial charge in [-0.1, -0.05) is 6.07 Å². The highest BCUT2D eigenvalue weighted by molar-refractivity contribution is 6.04. The lowest BCUT2D eigenvalue weighted by Gasteiger charge is -2.14. The van der Waals surface area contributed by atoms with Gasteiger partial charge >= 0.3 is 0 Å². The van der Waals surface area contributed by atoms with E-state index in [1.54, 1.807) is 29.9 Å². The van der Waals surface area contributed by atoms with Gasteiger partial charge in [-0.2, -0.15) is 18.6 Å². The fourth-order valence-corrected chi connectivity index (χ4v) is 3.35. The van der Waals surface area contributed by atoms with Gasteiger partial charge in [-0.25, -0.2) is 9.97 Å². The number of pyridine rings is 1. The van der Waals surface area contributed by atoms with E-state index >= 15 is 0 Å². The molecule has 0 fully saturated rings. The minimum Gasteiger partial charge on any atom is -0.373 e. The van der Waals surface area contributed by atoms with Crippen molar-refractivity contribution in [3.63, 3.8) is 0 Å². The average Bonchev–Trinajstić information content (AvgIpc) is 3.20. The number of carbonyl (C=O) groups is 1. The van der Waals surface area contributed by atoms with Crippen LogP contribution in [0.3, 0.4) is 0 Å². The first kappa shape index (κ1) is 23.7. The first-order chi connectivity index (χ1) is 16.6. The Morgan fingerprint density at radius 3 is 2.57 bits per heavy atom. The molecule has 0 unspecified atom stereocenters. The Labute approximate surface area is 200 Å². The number of aryl methyl sites for hydroxylation is 2. The van der Waals surface area contributed by atoms with E-state index in [-0.39, 0.29) is 5.56 Å². The maximum Gasteiger partial charge on any atom is 0.286 e. The standard InChI is InChI=1S/C24H24F2N8O/c1-14-5-6-17(31-23(35)16-7-8-28-19(10-16)24(3,25)26)11-18(14)32-22-9-15(2)33-34(22)21-12-20(27-4)29-13-30-21/h5-13,32H,1-4H3,(H,31,35)(H,27,29,30). The topological polar surface area (TPSA) is 110 Å². The number of aromatic nitrogens is 5. The molecule has 0 radical (unpaired) electrons. The van der Waals surface area contributed by atoms with Crippen LogP contribution in [0.4, 0.5) is 31.8 Å². The van der Waals surface area contributed by atoms with Gasteiger partial charge in [0.25, 0.3) is 11.8 Å². The average molecular weight is 479 g/mol. The zero-order chi connectivity index (χ0) is 25.2. The minimum absolute atomic E-state index is 0.0874. The van der Waals surface area contributed by atoms with Crippen LogP contribution in [-0.2, 0) is 5.92 Å². The molecule has 0 spiro atoms. The zero-order valence-electron chi connectivity index (χ0n) is 19.6. The molecule has 1 aromatic carbocycles. The Hall–Kier alpha value is -4.41. The predicted octanol–water partition coefficient (Wildman–Crippen LogP) is 4.82. The van der Waals surface area contributed by atoms with Crippen molar-refractivity contribution in [2.45, 2.75) is 26.7 Å². The maximum atomic E-state index is 13.6. The number of amides is 1. The first-order valence-corrected chi connectivity index (χ1v) is 10.7. The van der Waals surface area contributed by atoms with Gasteiger partial charge in [0.1, 0.15) is 23.7 Å². The van der Waals surface area contributed by atoms with Gasteiger partial charge in [0.15, 0.2) is 5.82 Å². The van der Waals surface area contributed by atoms with Crippen LogP contribution < -0.4 is 16.0 Å². The van der Waals surface area contributed by atoms with Crippen LogP contribution in [-0.4, -0.2) is 37.7 Å². The van der Waals surface area contributed by atoms with Crippen LogP contribution in [0.1, 0.15) is 34.2 Å². The van der Waals surface area contributed by atoms with E-state index in [1.807, 2.05) is 26.0 Å². The number of hydrogen-bond donors (Lipinski definition) is 3. The number of carbonyl (C=O) groups excluding carboxylic acids is 1. The molecule has 0 saturated heterocycles. The van der Waals surface area contributed by atoms with Crippen LogP contribution in [0.15, 0.2) is 55.0 Å². The van der Waals surface area contributed by atoms with Crippen LogP contribution >= 0.6 is 0 Å². The Balaban J connectivity index is 1.59. The summed E-state index contributed by atoms with van der Waals surface area (Å²) in [6.45, 7) is 4.53. The summed E-state index contributed by atoms with van der Waals surface area (Å²) in [5.74, 6) is -1.78. The maximum absolute atomic E-state index is 13.6. The number of anilines is 4. The lowest BCUT2D eigenvalue weighted by molar-refractivity contribution is 0.0127. The van der Waals surface area contributed by atoms with Crippen LogP contribution in [0.2, 0.25) is 0 Å². The zero-order valence-corrected chi connectivity index (χ0v) is 19.6. The molecule has 9 nitrogen and oxygen atoms in total. The summed E-state index contributed by atoms with van der Waals surface area (Å²) < 4.78 is 28.9. The molecule has 11 heteroatoms. The molecular weight excluding hydrogens is 454 g/mol. The quantitative estimate of drug-likeness (QED) is 0.349. The highest BCUT2D eigenvalue weighted by Crippen LogP contribution is 2.28. The number of nitrogens with zero attached hydrogens (tertiary/aromatic N) is 5. The van der Waals surface area contributed by atoms with Crippen LogP contribution in [0.25, 0.3) is 5.82 Å². The summed E-state index contributed by atoms with van der Waals surface area (Å²) in [5, 5.41) is 13.6. The van der Waals surface area contributed by atoms with Crippen molar-refractivity contribution in [2.75, 3.05) is 23.0 Å². The monoisotopic (exact) mass is 478 g/mol. The van der Waals surface area contributed by atoms with Crippen LogP contribution in [0.5, 0.6) is 0 Å². The van der Waals surface area contributed by atoms with Crippen molar-refractivity contribution in [3.05, 3.63) is 77.5 Å². The molecule has 3 aromatic heterocycles. The van der Waals surface area contributed by atoms with Gasteiger partial charge in [-0.3, -0.25) is 9.78 Å². The van der Waals surface area contributed by atoms with Crippen molar-refractivity contribution in [1.29, 1.82) is 0 Å². The second-order valence-corrected chi connectivity index (χ2v) is 8.02. The third-order valence-corrected chi connectivity index (χ3v) is 5.19. The van der Waals surface area contributed by atoms with E-state index in [0.717, 1.165) is 29.9 Å². The van der Waals surface area contributed by atoms with Gasteiger partial charge in [-0.15, -0.1) is 0 Å². The van der Waals surface area contributed by atoms with E-state index in [9.17, 15) is 13.6 Å². The third kappa shape index (κ3) is 5.40. The number of hydrogen-bond acceptors (Lipinski definition) is 7. The molecule has 1 amide bonds. The van der Waals surface area contributed by atoms with E-state index in [2.05, 4.69) is 36.0 Å². The molecule has 0 aliphatic rings. The van der Waals surface area contributed by atoms with Crippen molar-refractivity contribution >= 4 is 28.9 Å². The predicted molar refractivity (Wildman–Crippen MR) is 130 cm³/mol. The van der Waals surface area contributed by atoms with E-state index < -0.39 is 17.5 Å². The van der Waals surface area contributed by atoms with Crippen LogP contribution in [0, 0.1) is 13.8 Å². The summed E-state index contributed by atoms with van der Waals surface area (Å²) in [7, 11) is 1.77. The summed E-state index contributed by atoms with van der Waals surface area (Å²) in [6.07, 6.45) is 2.64. The van der Waals surface area contributed by atoms with Crippen molar-refractivity contribution in [3.8, 4) is 5.82 Å². The fourth-order valence-electron chi connectivity index (χ4n) is 3.35. The van der Waals surface area contributed by atoms with Crippen molar-refractivity contribution in [2.24, 2.45) is 0 Å². The normalized spacial score (nSPS) is 11.3. The number of alkyl halides is 2. The van der Waals surface area contributed by atoms with E-state index in [4.69, 9.17) is 0 Å². The minimum atomic E-state index is -3.14. The van der Waals surface area contributed by atoms with Crippen molar-refractivity contribution < 1.29 is 13.6 Å². The Morgan fingerprint density at radius 1 is 1.03 bits per heavy atom. The molecule has 0 atom stereocenters. The lowest BCUT2D eigenvalue weighted by atomic mass is 10.1. The number of nitrogens with one attached hydrogen (secondary N) is 3. The molecule has 0 aliphatic carbocycles. The Kier molecular flexibility index (Phi) is 6.41. The largest absolute Gasteiger partial charge is 0.373 e. The lowest BCUT2D eigenvalue weighted by Crippen LogP contribution is -2.15. The van der Waals surface area contributed by atoms with Gasteiger partial charge < -0.3 is 16.0 Å². The summed E-state index contributed by atoms with van der Waals surface area (Å²) in [4.78, 5) is 24.8. The Bertz CT molecular complexity index is 1380. The molecule has 180 valence electrons. The Morgan fingerprint density at radius 2 is 1.83 bits per heavy atom. The molecule has 0 aliphatic heterocycles. The van der Waals surface area contributed by atoms with Gasteiger partial charge in [-0.05, 0) is 43.7 Å². The van der Waals surface area contributed by atoms with Crippen molar-refractivity contribution in [1.82, 2.24) is 24.7 Å². The number of benzene rings is 1. The summed E-state index contributed by atoms with van der Waals surface area (Å²) in [5.41, 5.74) is 2.54. The summed E-state index contributed by atoms with van der Waals surface area (Å²) in [6, 6.07) is 11.5. The molecule has 3 heterocycles. The molecule has 35 heavy (non-hydrogen) atoms. The smallest absolute Gasteiger partial charge is 0.286 e. The van der Waals surface area contributed by atoms with E-state index in [1.165, 1.54) is 18.6 Å². The highest BCUT2D eigenvalue weighted by atomic mass is 19.3. The first-order valence-electron chi connectivity index (χ1n) is 10.7. The van der Waals surface area contributed by atoms with Gasteiger partial charge in [0, 0.05) is 49.2 Å². The summed E-state index contributed by atoms with van der Waals surface area (Å²) >= 11 is 0. The second-order valence-electron chi connectivity index (χ2n) is 8.02.